The zero-order valence-electron chi connectivity index (χ0n) is 12.1. The molecule has 1 heterocycles. The maximum absolute atomic E-state index is 12.3. The van der Waals surface area contributed by atoms with Gasteiger partial charge in [0.2, 0.25) is 10.0 Å². The summed E-state index contributed by atoms with van der Waals surface area (Å²) in [5.41, 5.74) is 0.275. The highest BCUT2D eigenvalue weighted by Crippen LogP contribution is 2.19. The lowest BCUT2D eigenvalue weighted by molar-refractivity contribution is 0.0783. The number of hydrogen-bond donors (Lipinski definition) is 2. The van der Waals surface area contributed by atoms with Crippen LogP contribution in [0.1, 0.15) is 49.3 Å². The number of aryl methyl sites for hydroxylation is 1. The Morgan fingerprint density at radius 3 is 2.50 bits per heavy atom. The second kappa shape index (κ2) is 6.85. The average molecular weight is 302 g/mol. The first-order valence-corrected chi connectivity index (χ1v) is 8.23. The van der Waals surface area contributed by atoms with Crippen LogP contribution < -0.4 is 5.14 Å². The van der Waals surface area contributed by atoms with Crippen LogP contribution in [0.15, 0.2) is 4.90 Å². The molecule has 0 aliphatic carbocycles. The molecule has 0 fully saturated rings. The molecule has 0 unspecified atom stereocenters. The lowest BCUT2D eigenvalue weighted by atomic mass is 10.2. The molecule has 0 aliphatic rings. The van der Waals surface area contributed by atoms with Gasteiger partial charge in [-0.15, -0.1) is 0 Å². The third-order valence-electron chi connectivity index (χ3n) is 2.97. The van der Waals surface area contributed by atoms with Crippen LogP contribution in [0.3, 0.4) is 0 Å². The van der Waals surface area contributed by atoms with Crippen molar-refractivity contribution in [1.82, 2.24) is 15.1 Å². The molecule has 1 aromatic rings. The van der Waals surface area contributed by atoms with Crippen LogP contribution in [0.5, 0.6) is 0 Å². The van der Waals surface area contributed by atoms with Crippen molar-refractivity contribution in [1.29, 1.82) is 0 Å². The van der Waals surface area contributed by atoms with Crippen LogP contribution in [-0.4, -0.2) is 43.0 Å². The smallest absolute Gasteiger partial charge is 0.275 e. The van der Waals surface area contributed by atoms with Crippen LogP contribution in [0.25, 0.3) is 0 Å². The van der Waals surface area contributed by atoms with Crippen molar-refractivity contribution < 1.29 is 13.2 Å². The first-order valence-electron chi connectivity index (χ1n) is 6.68. The third kappa shape index (κ3) is 3.80. The van der Waals surface area contributed by atoms with Gasteiger partial charge >= 0.3 is 0 Å². The van der Waals surface area contributed by atoms with Gasteiger partial charge in [0.05, 0.1) is 5.69 Å². The molecule has 0 saturated carbocycles. The molecule has 3 N–H and O–H groups in total. The second-order valence-corrected chi connectivity index (χ2v) is 6.25. The quantitative estimate of drug-likeness (QED) is 0.779. The van der Waals surface area contributed by atoms with Gasteiger partial charge in [0, 0.05) is 13.6 Å². The van der Waals surface area contributed by atoms with E-state index in [2.05, 4.69) is 10.2 Å². The minimum atomic E-state index is -3.98. The Morgan fingerprint density at radius 2 is 2.00 bits per heavy atom. The predicted octanol–water partition coefficient (Wildman–Crippen LogP) is 0.882. The fourth-order valence-corrected chi connectivity index (χ4v) is 2.81. The number of primary sulfonamides is 1. The van der Waals surface area contributed by atoms with Crippen LogP contribution in [0.4, 0.5) is 0 Å². The van der Waals surface area contributed by atoms with Gasteiger partial charge in [0.25, 0.3) is 5.91 Å². The normalized spacial score (nSPS) is 11.6. The number of nitrogens with two attached hydrogens (primary N) is 1. The van der Waals surface area contributed by atoms with Crippen LogP contribution >= 0.6 is 0 Å². The molecule has 0 radical (unpaired) electrons. The summed E-state index contributed by atoms with van der Waals surface area (Å²) in [6.07, 6.45) is 3.00. The van der Waals surface area contributed by atoms with Crippen molar-refractivity contribution in [3.05, 3.63) is 11.4 Å². The number of amides is 1. The number of rotatable bonds is 7. The van der Waals surface area contributed by atoms with Gasteiger partial charge < -0.3 is 4.90 Å². The number of carbonyl (C=O) groups is 1. The molecule has 20 heavy (non-hydrogen) atoms. The Bertz CT molecular complexity index is 565. The number of nitrogens with one attached hydrogen (secondary N) is 1. The van der Waals surface area contributed by atoms with E-state index in [9.17, 15) is 13.2 Å². The number of aromatic amines is 1. The lowest BCUT2D eigenvalue weighted by Gasteiger charge is -2.15. The highest BCUT2D eigenvalue weighted by atomic mass is 32.2. The van der Waals surface area contributed by atoms with Gasteiger partial charge in [0.1, 0.15) is 4.90 Å². The molecule has 0 spiro atoms. The number of H-pyrrole nitrogens is 1. The van der Waals surface area contributed by atoms with Gasteiger partial charge in [-0.3, -0.25) is 9.89 Å². The second-order valence-electron chi connectivity index (χ2n) is 4.76. The Hall–Kier alpha value is -1.41. The first-order chi connectivity index (χ1) is 9.32. The molecule has 1 aromatic heterocycles. The fourth-order valence-electron chi connectivity index (χ4n) is 1.92. The van der Waals surface area contributed by atoms with E-state index < -0.39 is 15.9 Å². The van der Waals surface area contributed by atoms with Crippen molar-refractivity contribution in [3.63, 3.8) is 0 Å². The maximum Gasteiger partial charge on any atom is 0.275 e. The zero-order valence-corrected chi connectivity index (χ0v) is 13.0. The fraction of sp³-hybridized carbons (Fsp3) is 0.667. The Kier molecular flexibility index (Phi) is 5.70. The molecule has 0 aliphatic heterocycles. The Labute approximate surface area is 119 Å². The van der Waals surface area contributed by atoms with Gasteiger partial charge in [-0.05, 0) is 12.8 Å². The molecule has 0 aromatic carbocycles. The van der Waals surface area contributed by atoms with E-state index in [1.807, 2.05) is 13.8 Å². The molecular weight excluding hydrogens is 280 g/mol. The Balaban J connectivity index is 3.15. The lowest BCUT2D eigenvalue weighted by Crippen LogP contribution is -2.30. The summed E-state index contributed by atoms with van der Waals surface area (Å²) in [7, 11) is -2.36. The summed E-state index contributed by atoms with van der Waals surface area (Å²) in [4.78, 5) is 13.5. The standard InChI is InChI=1S/C12H22N4O3S/c1-4-6-8-16(3)12(17)10-11(20(13,18)19)9(7-5-2)14-15-10/h4-8H2,1-3H3,(H,14,15)(H2,13,18,19). The van der Waals surface area contributed by atoms with Crippen LogP contribution in [0, 0.1) is 0 Å². The van der Waals surface area contributed by atoms with Crippen LogP contribution in [-0.2, 0) is 16.4 Å². The number of sulfonamides is 1. The number of hydrogen-bond acceptors (Lipinski definition) is 4. The summed E-state index contributed by atoms with van der Waals surface area (Å²) in [5, 5.41) is 11.7. The average Bonchev–Trinajstić information content (AvgIpc) is 2.79. The molecule has 1 rings (SSSR count). The van der Waals surface area contributed by atoms with E-state index in [-0.39, 0.29) is 10.6 Å². The molecule has 0 bridgehead atoms. The first kappa shape index (κ1) is 16.6. The van der Waals surface area contributed by atoms with Gasteiger partial charge in [0.15, 0.2) is 5.69 Å². The topological polar surface area (TPSA) is 109 Å². The van der Waals surface area contributed by atoms with Crippen molar-refractivity contribution in [2.24, 2.45) is 5.14 Å². The van der Waals surface area contributed by atoms with Gasteiger partial charge in [-0.2, -0.15) is 5.10 Å². The van der Waals surface area contributed by atoms with E-state index in [1.54, 1.807) is 7.05 Å². The number of nitrogens with zero attached hydrogens (tertiary/aromatic N) is 2. The predicted molar refractivity (Wildman–Crippen MR) is 75.8 cm³/mol. The molecular formula is C12H22N4O3S. The third-order valence-corrected chi connectivity index (χ3v) is 3.98. The van der Waals surface area contributed by atoms with E-state index in [0.29, 0.717) is 18.7 Å². The van der Waals surface area contributed by atoms with E-state index in [1.165, 1.54) is 4.90 Å². The number of unbranched alkanes of at least 4 members (excludes halogenated alkanes) is 1. The number of aromatic nitrogens is 2. The molecule has 8 heteroatoms. The molecule has 114 valence electrons. The summed E-state index contributed by atoms with van der Waals surface area (Å²) >= 11 is 0. The molecule has 0 saturated heterocycles. The van der Waals surface area contributed by atoms with Crippen molar-refractivity contribution in [3.8, 4) is 0 Å². The van der Waals surface area contributed by atoms with Crippen molar-refractivity contribution >= 4 is 15.9 Å². The largest absolute Gasteiger partial charge is 0.340 e. The minimum absolute atomic E-state index is 0.116. The summed E-state index contributed by atoms with van der Waals surface area (Å²) in [6.45, 7) is 4.47. The van der Waals surface area contributed by atoms with Gasteiger partial charge in [-0.1, -0.05) is 26.7 Å². The minimum Gasteiger partial charge on any atom is -0.340 e. The Morgan fingerprint density at radius 1 is 1.35 bits per heavy atom. The van der Waals surface area contributed by atoms with Crippen LogP contribution in [0.2, 0.25) is 0 Å². The molecule has 1 amide bonds. The molecule has 0 atom stereocenters. The maximum atomic E-state index is 12.3. The van der Waals surface area contributed by atoms with Gasteiger partial charge in [-0.25, -0.2) is 13.6 Å². The summed E-state index contributed by atoms with van der Waals surface area (Å²) < 4.78 is 23.4. The summed E-state index contributed by atoms with van der Waals surface area (Å²) in [5.74, 6) is -0.430. The van der Waals surface area contributed by atoms with Crippen molar-refractivity contribution in [2.45, 2.75) is 44.4 Å². The number of carbonyl (C=O) groups excluding carboxylic acids is 1. The SMILES string of the molecule is CCCCN(C)C(=O)c1n[nH]c(CCC)c1S(N)(=O)=O. The molecule has 7 nitrogen and oxygen atoms in total. The monoisotopic (exact) mass is 302 g/mol. The van der Waals surface area contributed by atoms with E-state index in [0.717, 1.165) is 19.3 Å². The van der Waals surface area contributed by atoms with E-state index in [4.69, 9.17) is 5.14 Å². The summed E-state index contributed by atoms with van der Waals surface area (Å²) in [6, 6.07) is 0. The van der Waals surface area contributed by atoms with E-state index >= 15 is 0 Å². The van der Waals surface area contributed by atoms with Crippen molar-refractivity contribution in [2.75, 3.05) is 13.6 Å². The highest BCUT2D eigenvalue weighted by Gasteiger charge is 2.28. The zero-order chi connectivity index (χ0) is 15.3. The highest BCUT2D eigenvalue weighted by molar-refractivity contribution is 7.89.